The third-order valence-corrected chi connectivity index (χ3v) is 7.53. The molecule has 8 nitrogen and oxygen atoms in total. The molecule has 1 unspecified atom stereocenters. The van der Waals surface area contributed by atoms with Gasteiger partial charge in [0.25, 0.3) is 0 Å². The summed E-state index contributed by atoms with van der Waals surface area (Å²) in [6, 6.07) is 6.64. The molecule has 0 radical (unpaired) electrons. The van der Waals surface area contributed by atoms with Crippen LogP contribution in [0.2, 0.25) is 0 Å². The van der Waals surface area contributed by atoms with Crippen molar-refractivity contribution in [3.05, 3.63) is 58.1 Å². The van der Waals surface area contributed by atoms with Gasteiger partial charge in [0, 0.05) is 19.3 Å². The molecule has 2 aromatic rings. The van der Waals surface area contributed by atoms with E-state index in [-0.39, 0.29) is 24.9 Å². The Morgan fingerprint density at radius 2 is 1.79 bits per heavy atom. The lowest BCUT2D eigenvalue weighted by molar-refractivity contribution is -0.148. The molecule has 1 aliphatic carbocycles. The Bertz CT molecular complexity index is 1360. The van der Waals surface area contributed by atoms with Crippen LogP contribution in [-0.4, -0.2) is 55.2 Å². The molecule has 42 heavy (non-hydrogen) atoms. The van der Waals surface area contributed by atoms with Gasteiger partial charge < -0.3 is 19.1 Å². The zero-order valence-corrected chi connectivity index (χ0v) is 24.8. The number of ether oxygens (including phenoxy) is 3. The Kier molecular flexibility index (Phi) is 8.80. The Hall–Kier alpha value is -3.76. The molecule has 0 bridgehead atoms. The summed E-state index contributed by atoms with van der Waals surface area (Å²) in [6.45, 7) is 7.26. The van der Waals surface area contributed by atoms with Gasteiger partial charge >= 0.3 is 18.2 Å². The van der Waals surface area contributed by atoms with Crippen LogP contribution in [0.4, 0.5) is 23.7 Å². The first-order valence-electron chi connectivity index (χ1n) is 13.9. The average Bonchev–Trinajstić information content (AvgIpc) is 3.67. The van der Waals surface area contributed by atoms with Crippen molar-refractivity contribution in [3.8, 4) is 5.75 Å². The molecular formula is C31H37F3N2O6. The summed E-state index contributed by atoms with van der Waals surface area (Å²) in [4.78, 5) is 41.1. The first-order chi connectivity index (χ1) is 19.6. The predicted octanol–water partition coefficient (Wildman–Crippen LogP) is 6.16. The summed E-state index contributed by atoms with van der Waals surface area (Å²) >= 11 is 0. The fraction of sp³-hybridized carbons (Fsp3) is 0.516. The van der Waals surface area contributed by atoms with Crippen LogP contribution in [0.1, 0.15) is 73.8 Å². The highest BCUT2D eigenvalue weighted by atomic mass is 19.4. The number of carbonyl (C=O) groups is 3. The zero-order valence-electron chi connectivity index (χ0n) is 24.8. The second kappa shape index (κ2) is 11.9. The lowest BCUT2D eigenvalue weighted by atomic mass is 10.00. The molecule has 228 valence electrons. The summed E-state index contributed by atoms with van der Waals surface area (Å²) in [5.74, 6) is -0.625. The van der Waals surface area contributed by atoms with Crippen molar-refractivity contribution in [1.29, 1.82) is 0 Å². The van der Waals surface area contributed by atoms with Gasteiger partial charge in [-0.25, -0.2) is 9.59 Å². The average molecular weight is 591 g/mol. The third-order valence-electron chi connectivity index (χ3n) is 7.53. The summed E-state index contributed by atoms with van der Waals surface area (Å²) in [5, 5.41) is 0. The van der Waals surface area contributed by atoms with E-state index in [9.17, 15) is 27.6 Å². The first-order valence-corrected chi connectivity index (χ1v) is 13.9. The molecule has 0 saturated heterocycles. The van der Waals surface area contributed by atoms with Gasteiger partial charge in [-0.15, -0.1) is 0 Å². The van der Waals surface area contributed by atoms with Crippen LogP contribution in [-0.2, 0) is 38.3 Å². The SMILES string of the molecule is COC(=O)C(CC(=O)N1CCc2c1ccc(OCc1ccc(C3CC3)c(C(F)(F)F)c1)c2C)N(C)C(=O)OC(C)(C)C. The minimum atomic E-state index is -4.43. The molecule has 1 fully saturated rings. The van der Waals surface area contributed by atoms with Crippen LogP contribution in [0, 0.1) is 6.92 Å². The van der Waals surface area contributed by atoms with Gasteiger partial charge in [0.1, 0.15) is 24.0 Å². The van der Waals surface area contributed by atoms with Crippen molar-refractivity contribution in [2.24, 2.45) is 0 Å². The lowest BCUT2D eigenvalue weighted by Gasteiger charge is -2.30. The highest BCUT2D eigenvalue weighted by Gasteiger charge is 2.39. The lowest BCUT2D eigenvalue weighted by Crippen LogP contribution is -2.48. The number of amides is 2. The van der Waals surface area contributed by atoms with Gasteiger partial charge in [-0.1, -0.05) is 12.1 Å². The first kappa shape index (κ1) is 31.2. The third kappa shape index (κ3) is 6.99. The fourth-order valence-corrected chi connectivity index (χ4v) is 5.15. The van der Waals surface area contributed by atoms with Gasteiger partial charge in [0.05, 0.1) is 19.1 Å². The van der Waals surface area contributed by atoms with Crippen molar-refractivity contribution in [3.63, 3.8) is 0 Å². The second-order valence-electron chi connectivity index (χ2n) is 11.8. The fourth-order valence-electron chi connectivity index (χ4n) is 5.15. The van der Waals surface area contributed by atoms with Crippen molar-refractivity contribution >= 4 is 23.7 Å². The topological polar surface area (TPSA) is 85.4 Å². The maximum atomic E-state index is 13.7. The van der Waals surface area contributed by atoms with Gasteiger partial charge in [0.2, 0.25) is 5.91 Å². The van der Waals surface area contributed by atoms with Crippen molar-refractivity contribution < 1.29 is 41.8 Å². The summed E-state index contributed by atoms with van der Waals surface area (Å²) in [6.07, 6.45) is -3.41. The van der Waals surface area contributed by atoms with E-state index in [1.54, 1.807) is 49.9 Å². The number of hydrogen-bond acceptors (Lipinski definition) is 6. The number of carbonyl (C=O) groups excluding carboxylic acids is 3. The highest BCUT2D eigenvalue weighted by molar-refractivity contribution is 5.99. The molecule has 0 spiro atoms. The van der Waals surface area contributed by atoms with Gasteiger partial charge in [-0.05, 0) is 93.3 Å². The molecule has 11 heteroatoms. The second-order valence-corrected chi connectivity index (χ2v) is 11.8. The van der Waals surface area contributed by atoms with Crippen LogP contribution in [0.15, 0.2) is 30.3 Å². The minimum Gasteiger partial charge on any atom is -0.489 e. The molecule has 2 aromatic carbocycles. The minimum absolute atomic E-state index is 0.0261. The quantitative estimate of drug-likeness (QED) is 0.343. The number of esters is 1. The van der Waals surface area contributed by atoms with Crippen LogP contribution in [0.3, 0.4) is 0 Å². The monoisotopic (exact) mass is 590 g/mol. The molecule has 1 atom stereocenters. The summed E-state index contributed by atoms with van der Waals surface area (Å²) in [7, 11) is 2.57. The Morgan fingerprint density at radius 1 is 1.10 bits per heavy atom. The molecule has 1 aliphatic heterocycles. The van der Waals surface area contributed by atoms with E-state index in [0.717, 1.165) is 28.9 Å². The highest BCUT2D eigenvalue weighted by Crippen LogP contribution is 2.46. The number of alkyl halides is 3. The largest absolute Gasteiger partial charge is 0.489 e. The maximum absolute atomic E-state index is 13.7. The number of likely N-dealkylation sites (N-methyl/N-ethyl adjacent to an activating group) is 1. The molecule has 0 aromatic heterocycles. The summed E-state index contributed by atoms with van der Waals surface area (Å²) < 4.78 is 57.1. The normalized spacial score (nSPS) is 15.6. The number of methoxy groups -OCH3 is 1. The van der Waals surface area contributed by atoms with E-state index in [2.05, 4.69) is 0 Å². The van der Waals surface area contributed by atoms with E-state index in [4.69, 9.17) is 14.2 Å². The molecule has 0 N–H and O–H groups in total. The number of rotatable bonds is 8. The molecule has 2 amide bonds. The predicted molar refractivity (Wildman–Crippen MR) is 149 cm³/mol. The number of fused-ring (bicyclic) bond motifs is 1. The molecule has 2 aliphatic rings. The van der Waals surface area contributed by atoms with Crippen LogP contribution in [0.25, 0.3) is 0 Å². The Labute approximate surface area is 243 Å². The maximum Gasteiger partial charge on any atom is 0.416 e. The van der Waals surface area contributed by atoms with Crippen molar-refractivity contribution in [1.82, 2.24) is 4.90 Å². The van der Waals surface area contributed by atoms with E-state index in [0.29, 0.717) is 35.5 Å². The number of hydrogen-bond donors (Lipinski definition) is 0. The number of anilines is 1. The summed E-state index contributed by atoms with van der Waals surface area (Å²) in [5.41, 5.74) is 1.68. The molecule has 1 saturated carbocycles. The Morgan fingerprint density at radius 3 is 2.38 bits per heavy atom. The van der Waals surface area contributed by atoms with Crippen LogP contribution in [0.5, 0.6) is 5.75 Å². The number of halogens is 3. The van der Waals surface area contributed by atoms with Crippen LogP contribution < -0.4 is 9.64 Å². The number of benzene rings is 2. The smallest absolute Gasteiger partial charge is 0.416 e. The van der Waals surface area contributed by atoms with Crippen molar-refractivity contribution in [2.45, 2.75) is 83.7 Å². The van der Waals surface area contributed by atoms with Gasteiger partial charge in [0.15, 0.2) is 0 Å². The zero-order chi connectivity index (χ0) is 31.0. The van der Waals surface area contributed by atoms with E-state index in [1.165, 1.54) is 20.2 Å². The molecular weight excluding hydrogens is 553 g/mol. The van der Waals surface area contributed by atoms with Gasteiger partial charge in [-0.2, -0.15) is 13.2 Å². The molecule has 4 rings (SSSR count). The number of nitrogens with zero attached hydrogens (tertiary/aromatic N) is 2. The Balaban J connectivity index is 1.47. The molecule has 1 heterocycles. The van der Waals surface area contributed by atoms with E-state index in [1.807, 2.05) is 6.92 Å². The van der Waals surface area contributed by atoms with Crippen LogP contribution >= 0.6 is 0 Å². The van der Waals surface area contributed by atoms with E-state index < -0.39 is 35.4 Å². The standard InChI is InChI=1S/C31H37F3N2O6/c1-18-21-13-14-36(27(37)16-25(28(38)40-6)35(5)29(39)42-30(2,3)4)24(21)11-12-26(18)41-17-19-7-10-22(20-8-9-20)23(15-19)31(32,33)34/h7,10-12,15,20,25H,8-9,13-14,16-17H2,1-6H3. The van der Waals surface area contributed by atoms with Gasteiger partial charge in [-0.3, -0.25) is 9.69 Å². The van der Waals surface area contributed by atoms with Crippen molar-refractivity contribution in [2.75, 3.05) is 25.6 Å². The van der Waals surface area contributed by atoms with E-state index >= 15 is 0 Å².